The van der Waals surface area contributed by atoms with Crippen molar-refractivity contribution < 1.29 is 0 Å². The average molecular weight is 240 g/mol. The standard InChI is InChI=1S/C16H16S/c1-11-5-3-6-12-9-13-7-4-8-16(17-2)15(13)10-14(11)12/h3-8H,9-10H2,1-2H3. The Balaban J connectivity index is 2.14. The second-order valence-corrected chi connectivity index (χ2v) is 5.51. The minimum atomic E-state index is 1.10. The van der Waals surface area contributed by atoms with Crippen LogP contribution in [0, 0.1) is 6.92 Å². The molecule has 1 heteroatoms. The van der Waals surface area contributed by atoms with Crippen LogP contribution in [0.1, 0.15) is 27.8 Å². The van der Waals surface area contributed by atoms with Crippen molar-refractivity contribution in [3.63, 3.8) is 0 Å². The van der Waals surface area contributed by atoms with E-state index in [1.165, 1.54) is 21.6 Å². The highest BCUT2D eigenvalue weighted by molar-refractivity contribution is 7.98. The first-order chi connectivity index (χ1) is 8.29. The van der Waals surface area contributed by atoms with Crippen LogP contribution in [0.4, 0.5) is 0 Å². The summed E-state index contributed by atoms with van der Waals surface area (Å²) in [5.74, 6) is 0. The zero-order chi connectivity index (χ0) is 11.8. The molecule has 0 aliphatic heterocycles. The first-order valence-electron chi connectivity index (χ1n) is 6.01. The number of hydrogen-bond acceptors (Lipinski definition) is 1. The SMILES string of the molecule is CSc1cccc2c1Cc1c(C)cccc1C2. The summed E-state index contributed by atoms with van der Waals surface area (Å²) in [4.78, 5) is 1.44. The van der Waals surface area contributed by atoms with Gasteiger partial charge in [-0.2, -0.15) is 0 Å². The van der Waals surface area contributed by atoms with E-state index in [9.17, 15) is 0 Å². The molecule has 0 amide bonds. The van der Waals surface area contributed by atoms with Crippen molar-refractivity contribution in [2.24, 2.45) is 0 Å². The number of hydrogen-bond donors (Lipinski definition) is 0. The summed E-state index contributed by atoms with van der Waals surface area (Å²) in [5, 5.41) is 0. The molecule has 0 unspecified atom stereocenters. The Hall–Kier alpha value is -1.21. The lowest BCUT2D eigenvalue weighted by molar-refractivity contribution is 0.957. The van der Waals surface area contributed by atoms with Crippen LogP contribution in [0.2, 0.25) is 0 Å². The molecule has 0 N–H and O–H groups in total. The van der Waals surface area contributed by atoms with Crippen LogP contribution in [0.3, 0.4) is 0 Å². The summed E-state index contributed by atoms with van der Waals surface area (Å²) in [6, 6.07) is 13.4. The van der Waals surface area contributed by atoms with E-state index >= 15 is 0 Å². The highest BCUT2D eigenvalue weighted by Crippen LogP contribution is 2.34. The molecule has 0 spiro atoms. The Morgan fingerprint density at radius 2 is 1.59 bits per heavy atom. The minimum Gasteiger partial charge on any atom is -0.129 e. The summed E-state index contributed by atoms with van der Waals surface area (Å²) >= 11 is 1.86. The van der Waals surface area contributed by atoms with Gasteiger partial charge in [0.2, 0.25) is 0 Å². The Bertz CT molecular complexity index is 570. The highest BCUT2D eigenvalue weighted by atomic mass is 32.2. The molecule has 0 aromatic heterocycles. The molecule has 0 bridgehead atoms. The molecule has 0 nitrogen and oxygen atoms in total. The highest BCUT2D eigenvalue weighted by Gasteiger charge is 2.18. The van der Waals surface area contributed by atoms with Crippen LogP contribution in [0.25, 0.3) is 0 Å². The van der Waals surface area contributed by atoms with Crippen LogP contribution < -0.4 is 0 Å². The molecule has 17 heavy (non-hydrogen) atoms. The van der Waals surface area contributed by atoms with Gasteiger partial charge in [-0.25, -0.2) is 0 Å². The van der Waals surface area contributed by atoms with Crippen molar-refractivity contribution >= 4 is 11.8 Å². The maximum absolute atomic E-state index is 2.28. The van der Waals surface area contributed by atoms with Crippen molar-refractivity contribution in [3.05, 3.63) is 64.2 Å². The van der Waals surface area contributed by atoms with Gasteiger partial charge in [-0.3, -0.25) is 0 Å². The van der Waals surface area contributed by atoms with Crippen molar-refractivity contribution in [3.8, 4) is 0 Å². The molecular formula is C16H16S. The number of thioether (sulfide) groups is 1. The third kappa shape index (κ3) is 1.79. The lowest BCUT2D eigenvalue weighted by Crippen LogP contribution is -2.09. The van der Waals surface area contributed by atoms with Gasteiger partial charge in [0.15, 0.2) is 0 Å². The van der Waals surface area contributed by atoms with E-state index in [-0.39, 0.29) is 0 Å². The van der Waals surface area contributed by atoms with E-state index in [0.29, 0.717) is 0 Å². The Kier molecular flexibility index (Phi) is 2.71. The second-order valence-electron chi connectivity index (χ2n) is 4.66. The van der Waals surface area contributed by atoms with Crippen LogP contribution in [-0.4, -0.2) is 6.26 Å². The predicted molar refractivity (Wildman–Crippen MR) is 75.0 cm³/mol. The Morgan fingerprint density at radius 1 is 0.882 bits per heavy atom. The number of fused-ring (bicyclic) bond motifs is 2. The molecule has 86 valence electrons. The number of rotatable bonds is 1. The molecule has 0 saturated heterocycles. The lowest BCUT2D eigenvalue weighted by Gasteiger charge is -2.23. The molecule has 0 radical (unpaired) electrons. The van der Waals surface area contributed by atoms with Gasteiger partial charge in [-0.05, 0) is 59.9 Å². The molecule has 0 saturated carbocycles. The van der Waals surface area contributed by atoms with E-state index < -0.39 is 0 Å². The van der Waals surface area contributed by atoms with E-state index in [4.69, 9.17) is 0 Å². The Labute approximate surface area is 107 Å². The molecule has 0 fully saturated rings. The summed E-state index contributed by atoms with van der Waals surface area (Å²) in [6.07, 6.45) is 4.37. The fourth-order valence-electron chi connectivity index (χ4n) is 2.73. The molecule has 3 rings (SSSR count). The third-order valence-electron chi connectivity index (χ3n) is 3.69. The fraction of sp³-hybridized carbons (Fsp3) is 0.250. The largest absolute Gasteiger partial charge is 0.129 e. The zero-order valence-corrected chi connectivity index (χ0v) is 11.1. The lowest BCUT2D eigenvalue weighted by atomic mass is 9.84. The maximum Gasteiger partial charge on any atom is 0.0107 e. The van der Waals surface area contributed by atoms with Crippen LogP contribution >= 0.6 is 11.8 Å². The van der Waals surface area contributed by atoms with Gasteiger partial charge in [0.1, 0.15) is 0 Å². The molecule has 2 aromatic rings. The smallest absolute Gasteiger partial charge is 0.0107 e. The number of aryl methyl sites for hydroxylation is 1. The van der Waals surface area contributed by atoms with Crippen molar-refractivity contribution in [2.45, 2.75) is 24.7 Å². The molecular weight excluding hydrogens is 224 g/mol. The summed E-state index contributed by atoms with van der Waals surface area (Å²) in [7, 11) is 0. The summed E-state index contributed by atoms with van der Waals surface area (Å²) in [6.45, 7) is 2.23. The fourth-order valence-corrected chi connectivity index (χ4v) is 3.40. The van der Waals surface area contributed by atoms with Crippen molar-refractivity contribution in [1.82, 2.24) is 0 Å². The molecule has 1 aliphatic carbocycles. The monoisotopic (exact) mass is 240 g/mol. The average Bonchev–Trinajstić information content (AvgIpc) is 2.36. The quantitative estimate of drug-likeness (QED) is 0.574. The van der Waals surface area contributed by atoms with Gasteiger partial charge in [-0.1, -0.05) is 30.3 Å². The second kappa shape index (κ2) is 4.23. The van der Waals surface area contributed by atoms with Crippen LogP contribution in [0.5, 0.6) is 0 Å². The Morgan fingerprint density at radius 3 is 2.35 bits per heavy atom. The summed E-state index contributed by atoms with van der Waals surface area (Å²) in [5.41, 5.74) is 7.54. The van der Waals surface area contributed by atoms with E-state index in [0.717, 1.165) is 12.8 Å². The van der Waals surface area contributed by atoms with Gasteiger partial charge in [0.05, 0.1) is 0 Å². The molecule has 0 atom stereocenters. The maximum atomic E-state index is 2.28. The predicted octanol–water partition coefficient (Wildman–Crippen LogP) is 4.21. The van der Waals surface area contributed by atoms with Gasteiger partial charge >= 0.3 is 0 Å². The van der Waals surface area contributed by atoms with E-state index in [2.05, 4.69) is 49.6 Å². The van der Waals surface area contributed by atoms with Crippen molar-refractivity contribution in [1.29, 1.82) is 0 Å². The molecule has 2 aromatic carbocycles. The number of benzene rings is 2. The third-order valence-corrected chi connectivity index (χ3v) is 4.51. The molecule has 0 heterocycles. The van der Waals surface area contributed by atoms with Crippen molar-refractivity contribution in [2.75, 3.05) is 6.26 Å². The van der Waals surface area contributed by atoms with Gasteiger partial charge in [0, 0.05) is 4.90 Å². The topological polar surface area (TPSA) is 0 Å². The minimum absolute atomic E-state index is 1.10. The van der Waals surface area contributed by atoms with Gasteiger partial charge < -0.3 is 0 Å². The van der Waals surface area contributed by atoms with Gasteiger partial charge in [0.25, 0.3) is 0 Å². The van der Waals surface area contributed by atoms with Crippen LogP contribution in [-0.2, 0) is 12.8 Å². The first kappa shape index (κ1) is 10.9. The first-order valence-corrected chi connectivity index (χ1v) is 7.24. The van der Waals surface area contributed by atoms with E-state index in [1.807, 2.05) is 11.8 Å². The molecule has 1 aliphatic rings. The zero-order valence-electron chi connectivity index (χ0n) is 10.3. The summed E-state index contributed by atoms with van der Waals surface area (Å²) < 4.78 is 0. The van der Waals surface area contributed by atoms with Crippen LogP contribution in [0.15, 0.2) is 41.3 Å². The van der Waals surface area contributed by atoms with Gasteiger partial charge in [-0.15, -0.1) is 11.8 Å². The van der Waals surface area contributed by atoms with E-state index in [1.54, 1.807) is 11.1 Å². The normalized spacial score (nSPS) is 13.1.